The zero-order valence-corrected chi connectivity index (χ0v) is 11.5. The third kappa shape index (κ3) is 3.48. The van der Waals surface area contributed by atoms with Crippen molar-refractivity contribution in [2.24, 2.45) is 0 Å². The van der Waals surface area contributed by atoms with Crippen LogP contribution in [0.4, 0.5) is 10.1 Å². The van der Waals surface area contributed by atoms with Crippen LogP contribution in [-0.2, 0) is 6.54 Å². The SMILES string of the molecule is CNCc1cnc(Oc2cc(C)c([N+](=O)[O-])cc2F)nc1. The maximum atomic E-state index is 13.8. The number of aryl methyl sites for hydroxylation is 1. The maximum absolute atomic E-state index is 13.8. The largest absolute Gasteiger partial charge is 0.421 e. The van der Waals surface area contributed by atoms with E-state index in [4.69, 9.17) is 4.74 Å². The fraction of sp³-hybridized carbons (Fsp3) is 0.231. The highest BCUT2D eigenvalue weighted by molar-refractivity contribution is 5.46. The Bertz CT molecular complexity index is 661. The van der Waals surface area contributed by atoms with E-state index in [2.05, 4.69) is 15.3 Å². The molecule has 1 heterocycles. The van der Waals surface area contributed by atoms with Crippen molar-refractivity contribution in [3.8, 4) is 11.8 Å². The van der Waals surface area contributed by atoms with Crippen molar-refractivity contribution in [3.63, 3.8) is 0 Å². The van der Waals surface area contributed by atoms with Crippen LogP contribution in [0.2, 0.25) is 0 Å². The molecule has 0 aliphatic heterocycles. The fourth-order valence-corrected chi connectivity index (χ4v) is 1.71. The summed E-state index contributed by atoms with van der Waals surface area (Å²) in [4.78, 5) is 18.0. The summed E-state index contributed by atoms with van der Waals surface area (Å²) < 4.78 is 19.0. The molecule has 0 bridgehead atoms. The molecule has 0 aliphatic rings. The summed E-state index contributed by atoms with van der Waals surface area (Å²) >= 11 is 0. The molecule has 21 heavy (non-hydrogen) atoms. The molecule has 2 rings (SSSR count). The Morgan fingerprint density at radius 1 is 1.38 bits per heavy atom. The van der Waals surface area contributed by atoms with E-state index in [1.165, 1.54) is 13.0 Å². The Balaban J connectivity index is 2.23. The zero-order valence-electron chi connectivity index (χ0n) is 11.5. The molecule has 8 heteroatoms. The first-order valence-electron chi connectivity index (χ1n) is 6.09. The molecule has 110 valence electrons. The van der Waals surface area contributed by atoms with Crippen molar-refractivity contribution in [1.82, 2.24) is 15.3 Å². The summed E-state index contributed by atoms with van der Waals surface area (Å²) in [5.74, 6) is -0.991. The van der Waals surface area contributed by atoms with Crippen LogP contribution in [0, 0.1) is 22.9 Å². The van der Waals surface area contributed by atoms with E-state index in [1.54, 1.807) is 19.4 Å². The summed E-state index contributed by atoms with van der Waals surface area (Å²) in [6.07, 6.45) is 3.10. The van der Waals surface area contributed by atoms with Crippen molar-refractivity contribution in [2.75, 3.05) is 7.05 Å². The van der Waals surface area contributed by atoms with Gasteiger partial charge in [-0.05, 0) is 20.0 Å². The molecule has 7 nitrogen and oxygen atoms in total. The smallest absolute Gasteiger partial charge is 0.321 e. The number of nitrogens with zero attached hydrogens (tertiary/aromatic N) is 3. The van der Waals surface area contributed by atoms with Crippen LogP contribution < -0.4 is 10.1 Å². The number of halogens is 1. The molecular weight excluding hydrogens is 279 g/mol. The number of nitro groups is 1. The monoisotopic (exact) mass is 292 g/mol. The van der Waals surface area contributed by atoms with Crippen LogP contribution in [0.15, 0.2) is 24.5 Å². The normalized spacial score (nSPS) is 10.4. The van der Waals surface area contributed by atoms with Crippen molar-refractivity contribution in [3.05, 3.63) is 51.6 Å². The Hall–Kier alpha value is -2.61. The van der Waals surface area contributed by atoms with Crippen molar-refractivity contribution >= 4 is 5.69 Å². The lowest BCUT2D eigenvalue weighted by atomic mass is 10.2. The topological polar surface area (TPSA) is 90.2 Å². The number of hydrogen-bond acceptors (Lipinski definition) is 6. The Kier molecular flexibility index (Phi) is 4.39. The van der Waals surface area contributed by atoms with E-state index in [1.807, 2.05) is 0 Å². The van der Waals surface area contributed by atoms with Crippen LogP contribution in [0.3, 0.4) is 0 Å². The number of benzene rings is 1. The number of ether oxygens (including phenoxy) is 1. The molecule has 0 unspecified atom stereocenters. The number of rotatable bonds is 5. The number of nitro benzene ring substituents is 1. The number of aromatic nitrogens is 2. The van der Waals surface area contributed by atoms with Gasteiger partial charge in [-0.15, -0.1) is 0 Å². The van der Waals surface area contributed by atoms with Crippen LogP contribution in [0.1, 0.15) is 11.1 Å². The summed E-state index contributed by atoms with van der Waals surface area (Å²) in [6, 6.07) is 2.04. The van der Waals surface area contributed by atoms with E-state index in [-0.39, 0.29) is 17.4 Å². The first-order valence-corrected chi connectivity index (χ1v) is 6.09. The van der Waals surface area contributed by atoms with Crippen molar-refractivity contribution < 1.29 is 14.1 Å². The standard InChI is InChI=1S/C13H13FN4O3/c1-8-3-12(10(14)4-11(8)18(19)20)21-13-16-6-9(5-15-2)7-17-13/h3-4,6-7,15H,5H2,1-2H3. The molecule has 0 fully saturated rings. The lowest BCUT2D eigenvalue weighted by Crippen LogP contribution is -2.06. The second-order valence-electron chi connectivity index (χ2n) is 4.33. The predicted molar refractivity (Wildman–Crippen MR) is 72.7 cm³/mol. The van der Waals surface area contributed by atoms with Gasteiger partial charge in [0, 0.05) is 30.1 Å². The Morgan fingerprint density at radius 3 is 2.62 bits per heavy atom. The first kappa shape index (κ1) is 14.8. The molecule has 1 aromatic carbocycles. The predicted octanol–water partition coefficient (Wildman–Crippen LogP) is 2.34. The van der Waals surface area contributed by atoms with E-state index < -0.39 is 10.7 Å². The lowest BCUT2D eigenvalue weighted by molar-refractivity contribution is -0.385. The quantitative estimate of drug-likeness (QED) is 0.672. The van der Waals surface area contributed by atoms with Gasteiger partial charge in [-0.25, -0.2) is 14.4 Å². The van der Waals surface area contributed by atoms with Crippen molar-refractivity contribution in [1.29, 1.82) is 0 Å². The van der Waals surface area contributed by atoms with Crippen LogP contribution in [0.25, 0.3) is 0 Å². The molecule has 0 atom stereocenters. The molecular formula is C13H13FN4O3. The summed E-state index contributed by atoms with van der Waals surface area (Å²) in [7, 11) is 1.79. The van der Waals surface area contributed by atoms with Gasteiger partial charge in [-0.2, -0.15) is 0 Å². The highest BCUT2D eigenvalue weighted by Crippen LogP contribution is 2.29. The third-order valence-corrected chi connectivity index (χ3v) is 2.71. The molecule has 1 N–H and O–H groups in total. The average Bonchev–Trinajstić information content (AvgIpc) is 2.44. The van der Waals surface area contributed by atoms with Crippen LogP contribution in [-0.4, -0.2) is 21.9 Å². The molecule has 0 saturated heterocycles. The van der Waals surface area contributed by atoms with E-state index in [0.717, 1.165) is 11.6 Å². The fourth-order valence-electron chi connectivity index (χ4n) is 1.71. The number of nitrogens with one attached hydrogen (secondary N) is 1. The summed E-state index contributed by atoms with van der Waals surface area (Å²) in [5.41, 5.74) is 0.846. The van der Waals surface area contributed by atoms with Gasteiger partial charge in [0.15, 0.2) is 11.6 Å². The van der Waals surface area contributed by atoms with Gasteiger partial charge >= 0.3 is 6.01 Å². The second-order valence-corrected chi connectivity index (χ2v) is 4.33. The van der Waals surface area contributed by atoms with Crippen LogP contribution in [0.5, 0.6) is 11.8 Å². The van der Waals surface area contributed by atoms with E-state index in [9.17, 15) is 14.5 Å². The second kappa shape index (κ2) is 6.23. The molecule has 0 saturated carbocycles. The van der Waals surface area contributed by atoms with E-state index in [0.29, 0.717) is 12.1 Å². The maximum Gasteiger partial charge on any atom is 0.321 e. The van der Waals surface area contributed by atoms with Crippen LogP contribution >= 0.6 is 0 Å². The third-order valence-electron chi connectivity index (χ3n) is 2.71. The average molecular weight is 292 g/mol. The van der Waals surface area contributed by atoms with Gasteiger partial charge in [0.1, 0.15) is 0 Å². The molecule has 0 spiro atoms. The van der Waals surface area contributed by atoms with Gasteiger partial charge in [0.05, 0.1) is 11.0 Å². The lowest BCUT2D eigenvalue weighted by Gasteiger charge is -2.07. The minimum Gasteiger partial charge on any atom is -0.421 e. The molecule has 0 amide bonds. The van der Waals surface area contributed by atoms with Gasteiger partial charge in [0.25, 0.3) is 5.69 Å². The Labute approximate surface area is 120 Å². The minimum atomic E-state index is -0.838. The Morgan fingerprint density at radius 2 is 2.05 bits per heavy atom. The molecule has 0 radical (unpaired) electrons. The van der Waals surface area contributed by atoms with E-state index >= 15 is 0 Å². The summed E-state index contributed by atoms with van der Waals surface area (Å²) in [5, 5.41) is 13.7. The summed E-state index contributed by atoms with van der Waals surface area (Å²) in [6.45, 7) is 2.10. The zero-order chi connectivity index (χ0) is 15.4. The van der Waals surface area contributed by atoms with Crippen molar-refractivity contribution in [2.45, 2.75) is 13.5 Å². The first-order chi connectivity index (χ1) is 10.0. The van der Waals surface area contributed by atoms with Gasteiger partial charge < -0.3 is 10.1 Å². The highest BCUT2D eigenvalue weighted by atomic mass is 19.1. The molecule has 0 aliphatic carbocycles. The minimum absolute atomic E-state index is 0.0259. The van der Waals surface area contributed by atoms with Gasteiger partial charge in [-0.3, -0.25) is 10.1 Å². The molecule has 1 aromatic heterocycles. The molecule has 2 aromatic rings. The van der Waals surface area contributed by atoms with Gasteiger partial charge in [-0.1, -0.05) is 0 Å². The van der Waals surface area contributed by atoms with Gasteiger partial charge in [0.2, 0.25) is 0 Å². The number of hydrogen-bond donors (Lipinski definition) is 1. The highest BCUT2D eigenvalue weighted by Gasteiger charge is 2.17.